The van der Waals surface area contributed by atoms with Crippen LogP contribution in [0.5, 0.6) is 0 Å². The Morgan fingerprint density at radius 1 is 0.971 bits per heavy atom. The van der Waals surface area contributed by atoms with Crippen molar-refractivity contribution < 1.29 is 27.9 Å². The highest BCUT2D eigenvalue weighted by atomic mass is 19.4. The molecular weight excluding hydrogens is 447 g/mol. The van der Waals surface area contributed by atoms with Crippen LogP contribution in [0.3, 0.4) is 0 Å². The molecular formula is C25H24F3N3O3. The molecule has 9 heteroatoms. The summed E-state index contributed by atoms with van der Waals surface area (Å²) in [6, 6.07) is 18.9. The number of nitrogens with one attached hydrogen (secondary N) is 2. The van der Waals surface area contributed by atoms with Crippen molar-refractivity contribution in [2.24, 2.45) is 0 Å². The summed E-state index contributed by atoms with van der Waals surface area (Å²) in [6.45, 7) is -0.327. The molecule has 178 valence electrons. The molecule has 1 atom stereocenters. The lowest BCUT2D eigenvalue weighted by molar-refractivity contribution is -0.137. The van der Waals surface area contributed by atoms with Gasteiger partial charge in [-0.05, 0) is 35.9 Å². The summed E-state index contributed by atoms with van der Waals surface area (Å²) in [4.78, 5) is 27.1. The van der Waals surface area contributed by atoms with Gasteiger partial charge in [0, 0.05) is 19.3 Å². The molecule has 0 bridgehead atoms. The summed E-state index contributed by atoms with van der Waals surface area (Å²) in [5.74, 6) is -1.14. The van der Waals surface area contributed by atoms with E-state index < -0.39 is 36.2 Å². The number of hydrogen-bond acceptors (Lipinski definition) is 4. The Morgan fingerprint density at radius 3 is 2.32 bits per heavy atom. The number of carbonyl (C=O) groups excluding carboxylic acids is 2. The molecule has 0 spiro atoms. The molecule has 3 rings (SSSR count). The Morgan fingerprint density at radius 2 is 1.65 bits per heavy atom. The number of likely N-dealkylation sites (N-methyl/N-ethyl adjacent to an activating group) is 1. The number of benzene rings is 3. The number of aliphatic hydroxyl groups is 1. The standard InChI is InChI=1S/C25H24F3N3O3/c1-31(15-17-8-3-2-4-9-17)24(34)22(16-32)30-23(33)20-12-5-6-13-21(20)29-19-11-7-10-18(14-19)25(26,27)28/h2-14,22,29,32H,15-16H2,1H3,(H,30,33). The van der Waals surface area contributed by atoms with Gasteiger partial charge in [0.15, 0.2) is 0 Å². The largest absolute Gasteiger partial charge is 0.416 e. The zero-order valence-corrected chi connectivity index (χ0v) is 18.3. The second-order valence-electron chi connectivity index (χ2n) is 7.64. The predicted octanol–water partition coefficient (Wildman–Crippen LogP) is 4.20. The fraction of sp³-hybridized carbons (Fsp3) is 0.200. The zero-order chi connectivity index (χ0) is 24.7. The topological polar surface area (TPSA) is 81.7 Å². The Bertz CT molecular complexity index is 1140. The smallest absolute Gasteiger partial charge is 0.394 e. The van der Waals surface area contributed by atoms with Crippen molar-refractivity contribution in [3.8, 4) is 0 Å². The van der Waals surface area contributed by atoms with Crippen molar-refractivity contribution in [1.29, 1.82) is 0 Å². The van der Waals surface area contributed by atoms with E-state index in [1.807, 2.05) is 30.3 Å². The second kappa shape index (κ2) is 10.8. The SMILES string of the molecule is CN(Cc1ccccc1)C(=O)C(CO)NC(=O)c1ccccc1Nc1cccc(C(F)(F)F)c1. The lowest BCUT2D eigenvalue weighted by atomic mass is 10.1. The highest BCUT2D eigenvalue weighted by Crippen LogP contribution is 2.31. The number of carbonyl (C=O) groups is 2. The molecule has 0 fully saturated rings. The summed E-state index contributed by atoms with van der Waals surface area (Å²) in [5, 5.41) is 15.1. The molecule has 0 aliphatic carbocycles. The Hall–Kier alpha value is -3.85. The molecule has 2 amide bonds. The van der Waals surface area contributed by atoms with Crippen LogP contribution in [-0.2, 0) is 17.5 Å². The van der Waals surface area contributed by atoms with Crippen LogP contribution in [-0.4, -0.2) is 41.5 Å². The zero-order valence-electron chi connectivity index (χ0n) is 18.3. The van der Waals surface area contributed by atoms with Crippen molar-refractivity contribution in [3.05, 3.63) is 95.6 Å². The maximum atomic E-state index is 13.0. The highest BCUT2D eigenvalue weighted by Gasteiger charge is 2.30. The van der Waals surface area contributed by atoms with Gasteiger partial charge < -0.3 is 20.6 Å². The van der Waals surface area contributed by atoms with Gasteiger partial charge in [-0.3, -0.25) is 9.59 Å². The average Bonchev–Trinajstić information content (AvgIpc) is 2.82. The summed E-state index contributed by atoms with van der Waals surface area (Å²) in [5.41, 5.74) is 0.564. The summed E-state index contributed by atoms with van der Waals surface area (Å²) in [6.07, 6.45) is -4.50. The number of alkyl halides is 3. The van der Waals surface area contributed by atoms with E-state index in [9.17, 15) is 27.9 Å². The van der Waals surface area contributed by atoms with Crippen LogP contribution in [0.15, 0.2) is 78.9 Å². The van der Waals surface area contributed by atoms with Gasteiger partial charge in [-0.2, -0.15) is 13.2 Å². The number of rotatable bonds is 8. The minimum atomic E-state index is -4.50. The lowest BCUT2D eigenvalue weighted by Gasteiger charge is -2.24. The number of para-hydroxylation sites is 1. The van der Waals surface area contributed by atoms with E-state index in [-0.39, 0.29) is 16.9 Å². The van der Waals surface area contributed by atoms with Crippen LogP contribution < -0.4 is 10.6 Å². The Kier molecular flexibility index (Phi) is 7.91. The molecule has 0 radical (unpaired) electrons. The molecule has 0 heterocycles. The van der Waals surface area contributed by atoms with E-state index in [0.29, 0.717) is 6.54 Å². The van der Waals surface area contributed by atoms with Gasteiger partial charge in [0.2, 0.25) is 5.91 Å². The molecule has 3 N–H and O–H groups in total. The predicted molar refractivity (Wildman–Crippen MR) is 122 cm³/mol. The van der Waals surface area contributed by atoms with E-state index in [4.69, 9.17) is 0 Å². The normalized spacial score (nSPS) is 12.0. The first-order valence-electron chi connectivity index (χ1n) is 10.4. The molecule has 1 unspecified atom stereocenters. The van der Waals surface area contributed by atoms with E-state index in [1.54, 1.807) is 19.2 Å². The van der Waals surface area contributed by atoms with Crippen LogP contribution in [0.25, 0.3) is 0 Å². The number of amides is 2. The fourth-order valence-electron chi connectivity index (χ4n) is 3.34. The van der Waals surface area contributed by atoms with Gasteiger partial charge in [0.1, 0.15) is 6.04 Å². The number of aliphatic hydroxyl groups excluding tert-OH is 1. The molecule has 0 saturated heterocycles. The number of nitrogens with zero attached hydrogens (tertiary/aromatic N) is 1. The van der Waals surface area contributed by atoms with Crippen LogP contribution in [0.4, 0.5) is 24.5 Å². The number of halogens is 3. The highest BCUT2D eigenvalue weighted by molar-refractivity contribution is 6.02. The van der Waals surface area contributed by atoms with Gasteiger partial charge in [0.25, 0.3) is 5.91 Å². The first-order chi connectivity index (χ1) is 16.2. The van der Waals surface area contributed by atoms with Crippen molar-refractivity contribution >= 4 is 23.2 Å². The van der Waals surface area contributed by atoms with Crippen LogP contribution in [0.2, 0.25) is 0 Å². The Balaban J connectivity index is 1.74. The van der Waals surface area contributed by atoms with E-state index >= 15 is 0 Å². The third-order valence-electron chi connectivity index (χ3n) is 5.07. The van der Waals surface area contributed by atoms with Crippen molar-refractivity contribution in [1.82, 2.24) is 10.2 Å². The van der Waals surface area contributed by atoms with Gasteiger partial charge in [-0.25, -0.2) is 0 Å². The third kappa shape index (κ3) is 6.35. The van der Waals surface area contributed by atoms with Gasteiger partial charge in [0.05, 0.1) is 23.4 Å². The minimum absolute atomic E-state index is 0.108. The molecule has 3 aromatic carbocycles. The van der Waals surface area contributed by atoms with Gasteiger partial charge in [-0.1, -0.05) is 48.5 Å². The minimum Gasteiger partial charge on any atom is -0.394 e. The van der Waals surface area contributed by atoms with E-state index in [1.165, 1.54) is 29.2 Å². The van der Waals surface area contributed by atoms with E-state index in [2.05, 4.69) is 10.6 Å². The third-order valence-corrected chi connectivity index (χ3v) is 5.07. The number of anilines is 2. The molecule has 3 aromatic rings. The van der Waals surface area contributed by atoms with E-state index in [0.717, 1.165) is 17.7 Å². The van der Waals surface area contributed by atoms with Gasteiger partial charge >= 0.3 is 6.18 Å². The molecule has 0 aromatic heterocycles. The van der Waals surface area contributed by atoms with Gasteiger partial charge in [-0.15, -0.1) is 0 Å². The molecule has 0 aliphatic heterocycles. The van der Waals surface area contributed by atoms with Crippen molar-refractivity contribution in [3.63, 3.8) is 0 Å². The number of hydrogen-bond donors (Lipinski definition) is 3. The average molecular weight is 471 g/mol. The molecule has 0 aliphatic rings. The van der Waals surface area contributed by atoms with Crippen LogP contribution in [0.1, 0.15) is 21.5 Å². The first-order valence-corrected chi connectivity index (χ1v) is 10.4. The maximum Gasteiger partial charge on any atom is 0.416 e. The lowest BCUT2D eigenvalue weighted by Crippen LogP contribution is -2.49. The fourth-order valence-corrected chi connectivity index (χ4v) is 3.34. The Labute approximate surface area is 195 Å². The second-order valence-corrected chi connectivity index (χ2v) is 7.64. The maximum absolute atomic E-state index is 13.0. The summed E-state index contributed by atoms with van der Waals surface area (Å²) >= 11 is 0. The van der Waals surface area contributed by atoms with Crippen molar-refractivity contribution in [2.75, 3.05) is 19.0 Å². The quantitative estimate of drug-likeness (QED) is 0.460. The monoisotopic (exact) mass is 471 g/mol. The first kappa shape index (κ1) is 24.8. The van der Waals surface area contributed by atoms with Crippen molar-refractivity contribution in [2.45, 2.75) is 18.8 Å². The molecule has 6 nitrogen and oxygen atoms in total. The molecule has 0 saturated carbocycles. The molecule has 34 heavy (non-hydrogen) atoms. The van der Waals surface area contributed by atoms with Crippen LogP contribution in [0, 0.1) is 0 Å². The summed E-state index contributed by atoms with van der Waals surface area (Å²) in [7, 11) is 1.56. The van der Waals surface area contributed by atoms with Crippen LogP contribution >= 0.6 is 0 Å². The summed E-state index contributed by atoms with van der Waals surface area (Å²) < 4.78 is 39.1.